The topological polar surface area (TPSA) is 80.9 Å². The minimum atomic E-state index is -0.239. The number of hydrogen-bond donors (Lipinski definition) is 2. The van der Waals surface area contributed by atoms with Gasteiger partial charge in [0.25, 0.3) is 5.91 Å². The molecule has 3 N–H and O–H groups in total. The lowest BCUT2D eigenvalue weighted by atomic mass is 10.1. The van der Waals surface area contributed by atoms with Gasteiger partial charge in [-0.05, 0) is 18.4 Å². The fourth-order valence-electron chi connectivity index (χ4n) is 2.12. The monoisotopic (exact) mass is 256 g/mol. The van der Waals surface area contributed by atoms with Crippen molar-refractivity contribution < 1.29 is 4.79 Å². The first kappa shape index (κ1) is 11.9. The van der Waals surface area contributed by atoms with Gasteiger partial charge in [0.1, 0.15) is 0 Å². The smallest absolute Gasteiger partial charge is 0.273 e. The van der Waals surface area contributed by atoms with E-state index in [4.69, 9.17) is 5.73 Å². The van der Waals surface area contributed by atoms with Crippen LogP contribution in [0.2, 0.25) is 0 Å². The van der Waals surface area contributed by atoms with Crippen molar-refractivity contribution in [1.29, 1.82) is 0 Å². The Morgan fingerprint density at radius 2 is 2.11 bits per heavy atom. The number of fused-ring (bicyclic) bond motifs is 1. The molecule has 1 aromatic heterocycles. The lowest BCUT2D eigenvalue weighted by Gasteiger charge is -2.07. The van der Waals surface area contributed by atoms with Gasteiger partial charge in [-0.2, -0.15) is 0 Å². The molecule has 1 aliphatic carbocycles. The number of carbonyl (C=O) groups is 1. The van der Waals surface area contributed by atoms with Crippen LogP contribution in [0.25, 0.3) is 10.9 Å². The molecular weight excluding hydrogens is 240 g/mol. The molecule has 1 aliphatic rings. The zero-order valence-corrected chi connectivity index (χ0v) is 10.6. The Labute approximate surface area is 111 Å². The molecule has 2 aromatic rings. The normalized spacial score (nSPS) is 14.5. The maximum absolute atomic E-state index is 12.0. The number of nitrogens with two attached hydrogens (primary N) is 1. The summed E-state index contributed by atoms with van der Waals surface area (Å²) in [5.41, 5.74) is 7.32. The summed E-state index contributed by atoms with van der Waals surface area (Å²) < 4.78 is 0. The van der Waals surface area contributed by atoms with E-state index in [2.05, 4.69) is 15.5 Å². The van der Waals surface area contributed by atoms with Crippen molar-refractivity contribution in [2.45, 2.75) is 19.3 Å². The molecule has 98 valence electrons. The molecule has 0 saturated heterocycles. The van der Waals surface area contributed by atoms with Gasteiger partial charge < -0.3 is 11.1 Å². The first-order chi connectivity index (χ1) is 9.25. The number of amides is 1. The minimum absolute atomic E-state index is 0.217. The van der Waals surface area contributed by atoms with Crippen LogP contribution in [0.1, 0.15) is 29.8 Å². The Balaban J connectivity index is 1.78. The van der Waals surface area contributed by atoms with Crippen molar-refractivity contribution in [2.24, 2.45) is 5.92 Å². The summed E-state index contributed by atoms with van der Waals surface area (Å²) in [7, 11) is 0. The average molecular weight is 256 g/mol. The quantitative estimate of drug-likeness (QED) is 0.873. The lowest BCUT2D eigenvalue weighted by Crippen LogP contribution is -2.27. The van der Waals surface area contributed by atoms with Gasteiger partial charge in [-0.1, -0.05) is 31.0 Å². The SMILES string of the molecule is Nc1c(C(=O)NCCC2CC2)nnc2ccccc12. The molecule has 5 nitrogen and oxygen atoms in total. The highest BCUT2D eigenvalue weighted by molar-refractivity contribution is 6.04. The van der Waals surface area contributed by atoms with Crippen LogP contribution >= 0.6 is 0 Å². The molecular formula is C14H16N4O. The van der Waals surface area contributed by atoms with Gasteiger partial charge in [-0.3, -0.25) is 4.79 Å². The van der Waals surface area contributed by atoms with Gasteiger partial charge in [0.05, 0.1) is 11.2 Å². The van der Waals surface area contributed by atoms with E-state index in [9.17, 15) is 4.79 Å². The van der Waals surface area contributed by atoms with Gasteiger partial charge in [0.15, 0.2) is 5.69 Å². The summed E-state index contributed by atoms with van der Waals surface area (Å²) in [5.74, 6) is 0.553. The first-order valence-corrected chi connectivity index (χ1v) is 6.55. The molecule has 1 amide bonds. The highest BCUT2D eigenvalue weighted by Crippen LogP contribution is 2.31. The predicted molar refractivity (Wildman–Crippen MR) is 73.6 cm³/mol. The molecule has 0 bridgehead atoms. The summed E-state index contributed by atoms with van der Waals surface area (Å²) in [4.78, 5) is 12.0. The Bertz CT molecular complexity index is 622. The molecule has 19 heavy (non-hydrogen) atoms. The van der Waals surface area contributed by atoms with E-state index >= 15 is 0 Å². The van der Waals surface area contributed by atoms with Gasteiger partial charge >= 0.3 is 0 Å². The Morgan fingerprint density at radius 3 is 2.89 bits per heavy atom. The summed E-state index contributed by atoms with van der Waals surface area (Å²) in [6.07, 6.45) is 3.61. The van der Waals surface area contributed by atoms with Crippen LogP contribution in [0.3, 0.4) is 0 Å². The molecule has 1 saturated carbocycles. The standard InChI is InChI=1S/C14H16N4O/c15-12-10-3-1-2-4-11(10)17-18-13(12)14(19)16-8-7-9-5-6-9/h1-4,9H,5-8H2,(H2,15,17)(H,16,19). The van der Waals surface area contributed by atoms with E-state index in [1.165, 1.54) is 12.8 Å². The summed E-state index contributed by atoms with van der Waals surface area (Å²) in [6, 6.07) is 7.41. The van der Waals surface area contributed by atoms with Crippen LogP contribution in [0.5, 0.6) is 0 Å². The molecule has 0 unspecified atom stereocenters. The maximum Gasteiger partial charge on any atom is 0.273 e. The number of rotatable bonds is 4. The van der Waals surface area contributed by atoms with Crippen LogP contribution in [-0.2, 0) is 0 Å². The van der Waals surface area contributed by atoms with Crippen LogP contribution in [0.15, 0.2) is 24.3 Å². The fourth-order valence-corrected chi connectivity index (χ4v) is 2.12. The number of benzene rings is 1. The van der Waals surface area contributed by atoms with Crippen LogP contribution in [0.4, 0.5) is 5.69 Å². The first-order valence-electron chi connectivity index (χ1n) is 6.55. The second kappa shape index (κ2) is 4.84. The Kier molecular flexibility index (Phi) is 3.03. The van der Waals surface area contributed by atoms with Gasteiger partial charge in [0.2, 0.25) is 0 Å². The molecule has 5 heteroatoms. The second-order valence-corrected chi connectivity index (χ2v) is 4.97. The largest absolute Gasteiger partial charge is 0.396 e. The number of nitrogens with one attached hydrogen (secondary N) is 1. The molecule has 1 aromatic carbocycles. The third-order valence-electron chi connectivity index (χ3n) is 3.46. The molecule has 3 rings (SSSR count). The summed E-state index contributed by atoms with van der Waals surface area (Å²) in [6.45, 7) is 0.678. The number of nitrogen functional groups attached to an aromatic ring is 1. The summed E-state index contributed by atoms with van der Waals surface area (Å²) >= 11 is 0. The maximum atomic E-state index is 12.0. The van der Waals surface area contributed by atoms with Crippen molar-refractivity contribution in [3.8, 4) is 0 Å². The number of anilines is 1. The molecule has 1 fully saturated rings. The highest BCUT2D eigenvalue weighted by Gasteiger charge is 2.21. The molecule has 1 heterocycles. The van der Waals surface area contributed by atoms with E-state index in [1.54, 1.807) is 0 Å². The Hall–Kier alpha value is -2.17. The van der Waals surface area contributed by atoms with E-state index in [1.807, 2.05) is 24.3 Å². The van der Waals surface area contributed by atoms with Gasteiger partial charge in [0, 0.05) is 11.9 Å². The number of hydrogen-bond acceptors (Lipinski definition) is 4. The molecule has 0 atom stereocenters. The van der Waals surface area contributed by atoms with Crippen LogP contribution in [0, 0.1) is 5.92 Å². The van der Waals surface area contributed by atoms with Gasteiger partial charge in [-0.15, -0.1) is 10.2 Å². The molecule has 0 aliphatic heterocycles. The van der Waals surface area contributed by atoms with E-state index in [0.29, 0.717) is 17.7 Å². The predicted octanol–water partition coefficient (Wildman–Crippen LogP) is 1.74. The second-order valence-electron chi connectivity index (χ2n) is 4.97. The number of nitrogens with zero attached hydrogens (tertiary/aromatic N) is 2. The molecule has 0 radical (unpaired) electrons. The molecule has 0 spiro atoms. The van der Waals surface area contributed by atoms with E-state index in [-0.39, 0.29) is 11.6 Å². The fraction of sp³-hybridized carbons (Fsp3) is 0.357. The van der Waals surface area contributed by atoms with Crippen molar-refractivity contribution in [3.05, 3.63) is 30.0 Å². The van der Waals surface area contributed by atoms with E-state index < -0.39 is 0 Å². The highest BCUT2D eigenvalue weighted by atomic mass is 16.1. The third kappa shape index (κ3) is 2.50. The van der Waals surface area contributed by atoms with Crippen molar-refractivity contribution in [3.63, 3.8) is 0 Å². The third-order valence-corrected chi connectivity index (χ3v) is 3.46. The zero-order chi connectivity index (χ0) is 13.2. The Morgan fingerprint density at radius 1 is 1.32 bits per heavy atom. The van der Waals surface area contributed by atoms with Crippen molar-refractivity contribution in [2.75, 3.05) is 12.3 Å². The van der Waals surface area contributed by atoms with Crippen molar-refractivity contribution in [1.82, 2.24) is 15.5 Å². The zero-order valence-electron chi connectivity index (χ0n) is 10.6. The summed E-state index contributed by atoms with van der Waals surface area (Å²) in [5, 5.41) is 11.6. The number of carbonyl (C=O) groups excluding carboxylic acids is 1. The van der Waals surface area contributed by atoms with Crippen molar-refractivity contribution >= 4 is 22.5 Å². The number of aromatic nitrogens is 2. The average Bonchev–Trinajstić information content (AvgIpc) is 3.23. The van der Waals surface area contributed by atoms with E-state index in [0.717, 1.165) is 17.7 Å². The van der Waals surface area contributed by atoms with Crippen LogP contribution < -0.4 is 11.1 Å². The van der Waals surface area contributed by atoms with Gasteiger partial charge in [-0.25, -0.2) is 0 Å². The lowest BCUT2D eigenvalue weighted by molar-refractivity contribution is 0.0948. The minimum Gasteiger partial charge on any atom is -0.396 e. The van der Waals surface area contributed by atoms with Crippen LogP contribution in [-0.4, -0.2) is 22.6 Å².